The van der Waals surface area contributed by atoms with Crippen molar-refractivity contribution in [3.05, 3.63) is 24.3 Å². The molecule has 4 heteroatoms. The van der Waals surface area contributed by atoms with Crippen LogP contribution in [0.25, 0.3) is 0 Å². The molecule has 3 nitrogen and oxygen atoms in total. The summed E-state index contributed by atoms with van der Waals surface area (Å²) in [7, 11) is 0. The van der Waals surface area contributed by atoms with Gasteiger partial charge in [-0.1, -0.05) is 25.5 Å². The minimum absolute atomic E-state index is 0.0431. The first kappa shape index (κ1) is 14.3. The Morgan fingerprint density at radius 2 is 2.16 bits per heavy atom. The predicted molar refractivity (Wildman–Crippen MR) is 81.1 cm³/mol. The second kappa shape index (κ2) is 6.33. The van der Waals surface area contributed by atoms with Crippen LogP contribution in [0.4, 0.5) is 5.69 Å². The Bertz CT molecular complexity index is 450. The average Bonchev–Trinajstić information content (AvgIpc) is 2.42. The van der Waals surface area contributed by atoms with E-state index in [1.165, 1.54) is 0 Å². The molecule has 1 aromatic carbocycles. The number of thiol groups is 1. The van der Waals surface area contributed by atoms with Crippen molar-refractivity contribution in [2.45, 2.75) is 32.8 Å². The Kier molecular flexibility index (Phi) is 4.75. The summed E-state index contributed by atoms with van der Waals surface area (Å²) in [6.07, 6.45) is 1.79. The van der Waals surface area contributed by atoms with E-state index in [0.29, 0.717) is 5.92 Å². The smallest absolute Gasteiger partial charge is 0.267 e. The average molecular weight is 279 g/mol. The van der Waals surface area contributed by atoms with Crippen LogP contribution in [0.2, 0.25) is 0 Å². The molecule has 1 amide bonds. The Morgan fingerprint density at radius 1 is 1.42 bits per heavy atom. The summed E-state index contributed by atoms with van der Waals surface area (Å²) in [5, 5.41) is 0. The number of amides is 1. The summed E-state index contributed by atoms with van der Waals surface area (Å²) in [5.74, 6) is 2.07. The minimum Gasteiger partial charge on any atom is -0.479 e. The van der Waals surface area contributed by atoms with Gasteiger partial charge in [0.1, 0.15) is 5.75 Å². The van der Waals surface area contributed by atoms with Crippen molar-refractivity contribution in [3.8, 4) is 5.75 Å². The van der Waals surface area contributed by atoms with E-state index < -0.39 is 6.10 Å². The zero-order valence-electron chi connectivity index (χ0n) is 11.5. The first-order valence-electron chi connectivity index (χ1n) is 6.85. The third kappa shape index (κ3) is 3.06. The van der Waals surface area contributed by atoms with Gasteiger partial charge < -0.3 is 9.64 Å². The monoisotopic (exact) mass is 279 g/mol. The van der Waals surface area contributed by atoms with Crippen LogP contribution < -0.4 is 9.64 Å². The molecule has 0 bridgehead atoms. The number of ether oxygens (including phenoxy) is 1. The van der Waals surface area contributed by atoms with Gasteiger partial charge in [-0.15, -0.1) is 0 Å². The lowest BCUT2D eigenvalue weighted by Gasteiger charge is -2.35. The molecule has 104 valence electrons. The van der Waals surface area contributed by atoms with Crippen LogP contribution in [-0.4, -0.2) is 24.3 Å². The van der Waals surface area contributed by atoms with Gasteiger partial charge in [-0.3, -0.25) is 4.79 Å². The Labute approximate surface area is 120 Å². The summed E-state index contributed by atoms with van der Waals surface area (Å²) in [6.45, 7) is 4.69. The highest BCUT2D eigenvalue weighted by molar-refractivity contribution is 7.80. The highest BCUT2D eigenvalue weighted by Crippen LogP contribution is 2.34. The van der Waals surface area contributed by atoms with Crippen molar-refractivity contribution in [2.75, 3.05) is 17.2 Å². The van der Waals surface area contributed by atoms with E-state index in [1.54, 1.807) is 6.92 Å². The lowest BCUT2D eigenvalue weighted by Crippen LogP contribution is -2.46. The number of fused-ring (bicyclic) bond motifs is 1. The van der Waals surface area contributed by atoms with Gasteiger partial charge in [0.2, 0.25) is 0 Å². The molecule has 2 atom stereocenters. The van der Waals surface area contributed by atoms with E-state index in [2.05, 4.69) is 19.6 Å². The number of hydrogen-bond acceptors (Lipinski definition) is 3. The van der Waals surface area contributed by atoms with Gasteiger partial charge >= 0.3 is 0 Å². The number of carbonyl (C=O) groups is 1. The molecular formula is C15H21NO2S. The van der Waals surface area contributed by atoms with Gasteiger partial charge in [0.15, 0.2) is 6.10 Å². The number of anilines is 1. The minimum atomic E-state index is -0.405. The first-order valence-corrected chi connectivity index (χ1v) is 7.48. The van der Waals surface area contributed by atoms with Gasteiger partial charge in [-0.2, -0.15) is 12.6 Å². The van der Waals surface area contributed by atoms with Crippen molar-refractivity contribution < 1.29 is 9.53 Å². The van der Waals surface area contributed by atoms with Crippen LogP contribution in [0, 0.1) is 5.92 Å². The van der Waals surface area contributed by atoms with Crippen LogP contribution in [-0.2, 0) is 4.79 Å². The number of para-hydroxylation sites is 2. The fourth-order valence-corrected chi connectivity index (χ4v) is 2.75. The standard InChI is InChI=1S/C15H21NO2S/c1-3-6-12(10-19)9-16-13-7-4-5-8-14(13)18-11(2)15(16)17/h4-5,7-8,11-12,19H,3,6,9-10H2,1-2H3. The maximum Gasteiger partial charge on any atom is 0.267 e. The number of benzene rings is 1. The SMILES string of the molecule is CCCC(CS)CN1C(=O)C(C)Oc2ccccc21. The molecule has 1 heterocycles. The van der Waals surface area contributed by atoms with Crippen molar-refractivity contribution in [3.63, 3.8) is 0 Å². The van der Waals surface area contributed by atoms with Crippen LogP contribution in [0.1, 0.15) is 26.7 Å². The Hall–Kier alpha value is -1.16. The molecule has 2 rings (SSSR count). The third-order valence-corrected chi connectivity index (χ3v) is 3.99. The van der Waals surface area contributed by atoms with Crippen molar-refractivity contribution in [2.24, 2.45) is 5.92 Å². The van der Waals surface area contributed by atoms with Gasteiger partial charge in [0, 0.05) is 6.54 Å². The largest absolute Gasteiger partial charge is 0.479 e. The lowest BCUT2D eigenvalue weighted by molar-refractivity contribution is -0.125. The van der Waals surface area contributed by atoms with Crippen LogP contribution in [0.15, 0.2) is 24.3 Å². The number of carbonyl (C=O) groups excluding carboxylic acids is 1. The van der Waals surface area contributed by atoms with Crippen molar-refractivity contribution >= 4 is 24.2 Å². The normalized spacial score (nSPS) is 19.8. The second-order valence-electron chi connectivity index (χ2n) is 5.01. The topological polar surface area (TPSA) is 29.5 Å². The summed E-state index contributed by atoms with van der Waals surface area (Å²) >= 11 is 4.40. The molecule has 0 saturated carbocycles. The highest BCUT2D eigenvalue weighted by atomic mass is 32.1. The molecule has 0 aromatic heterocycles. The van der Waals surface area contributed by atoms with Gasteiger partial charge in [-0.25, -0.2) is 0 Å². The predicted octanol–water partition coefficient (Wildman–Crippen LogP) is 3.15. The van der Waals surface area contributed by atoms with E-state index in [-0.39, 0.29) is 5.91 Å². The van der Waals surface area contributed by atoms with E-state index in [4.69, 9.17) is 4.74 Å². The van der Waals surface area contributed by atoms with Crippen LogP contribution >= 0.6 is 12.6 Å². The maximum absolute atomic E-state index is 12.3. The fourth-order valence-electron chi connectivity index (χ4n) is 2.45. The van der Waals surface area contributed by atoms with Crippen LogP contribution in [0.5, 0.6) is 5.75 Å². The molecule has 0 N–H and O–H groups in total. The molecule has 1 aromatic rings. The molecule has 0 radical (unpaired) electrons. The molecule has 0 saturated heterocycles. The summed E-state index contributed by atoms with van der Waals surface area (Å²) in [5.41, 5.74) is 0.883. The molecule has 0 aliphatic carbocycles. The zero-order chi connectivity index (χ0) is 13.8. The summed E-state index contributed by atoms with van der Waals surface area (Å²) in [6, 6.07) is 7.73. The third-order valence-electron chi connectivity index (χ3n) is 3.47. The molecule has 0 spiro atoms. The molecule has 1 aliphatic rings. The van der Waals surface area contributed by atoms with Gasteiger partial charge in [0.05, 0.1) is 5.69 Å². The maximum atomic E-state index is 12.3. The second-order valence-corrected chi connectivity index (χ2v) is 5.38. The lowest BCUT2D eigenvalue weighted by atomic mass is 10.0. The number of nitrogens with zero attached hydrogens (tertiary/aromatic N) is 1. The van der Waals surface area contributed by atoms with Gasteiger partial charge in [0.25, 0.3) is 5.91 Å². The Morgan fingerprint density at radius 3 is 2.84 bits per heavy atom. The number of hydrogen-bond donors (Lipinski definition) is 1. The zero-order valence-corrected chi connectivity index (χ0v) is 12.4. The van der Waals surface area contributed by atoms with E-state index in [9.17, 15) is 4.79 Å². The summed E-state index contributed by atoms with van der Waals surface area (Å²) in [4.78, 5) is 14.2. The Balaban J connectivity index is 2.24. The quantitative estimate of drug-likeness (QED) is 0.839. The molecule has 2 unspecified atom stereocenters. The number of rotatable bonds is 5. The van der Waals surface area contributed by atoms with Gasteiger partial charge in [-0.05, 0) is 37.1 Å². The first-order chi connectivity index (χ1) is 9.17. The van der Waals surface area contributed by atoms with Crippen LogP contribution in [0.3, 0.4) is 0 Å². The van der Waals surface area contributed by atoms with E-state index >= 15 is 0 Å². The molecule has 19 heavy (non-hydrogen) atoms. The van der Waals surface area contributed by atoms with E-state index in [0.717, 1.165) is 36.6 Å². The molecule has 1 aliphatic heterocycles. The highest BCUT2D eigenvalue weighted by Gasteiger charge is 2.32. The summed E-state index contributed by atoms with van der Waals surface area (Å²) < 4.78 is 5.64. The fraction of sp³-hybridized carbons (Fsp3) is 0.533. The van der Waals surface area contributed by atoms with E-state index in [1.807, 2.05) is 29.2 Å². The molecule has 0 fully saturated rings. The van der Waals surface area contributed by atoms with Crippen molar-refractivity contribution in [1.29, 1.82) is 0 Å². The van der Waals surface area contributed by atoms with Crippen molar-refractivity contribution in [1.82, 2.24) is 0 Å². The molecular weight excluding hydrogens is 258 g/mol.